The molecule has 2 N–H and O–H groups in total. The summed E-state index contributed by atoms with van der Waals surface area (Å²) in [6.45, 7) is 2.34. The number of hydrogen-bond donors (Lipinski definition) is 2. The van der Waals surface area contributed by atoms with Crippen molar-refractivity contribution in [1.82, 2.24) is 4.57 Å². The molecule has 2 heterocycles. The van der Waals surface area contributed by atoms with Crippen LogP contribution in [0.5, 0.6) is 0 Å². The molecule has 1 aromatic heterocycles. The zero-order valence-corrected chi connectivity index (χ0v) is 17.8. The first-order valence-corrected chi connectivity index (χ1v) is 10.6. The summed E-state index contributed by atoms with van der Waals surface area (Å²) in [6, 6.07) is 16.7. The van der Waals surface area contributed by atoms with Crippen LogP contribution in [0.25, 0.3) is 27.7 Å². The minimum absolute atomic E-state index is 0.168. The lowest BCUT2D eigenvalue weighted by atomic mass is 9.99. The fourth-order valence-corrected chi connectivity index (χ4v) is 4.16. The molecule has 0 radical (unpaired) electrons. The summed E-state index contributed by atoms with van der Waals surface area (Å²) in [5, 5.41) is 13.2. The first-order chi connectivity index (χ1) is 16.0. The van der Waals surface area contributed by atoms with Crippen molar-refractivity contribution in [1.29, 1.82) is 0 Å². The number of carbonyl (C=O) groups excluding carboxylic acids is 1. The highest BCUT2D eigenvalue weighted by Gasteiger charge is 2.23. The van der Waals surface area contributed by atoms with Gasteiger partial charge in [0.2, 0.25) is 5.91 Å². The summed E-state index contributed by atoms with van der Waals surface area (Å²) in [7, 11) is 0. The number of aromatic carboxylic acids is 1. The third-order valence-electron chi connectivity index (χ3n) is 5.80. The van der Waals surface area contributed by atoms with Crippen LogP contribution in [0.2, 0.25) is 0 Å². The van der Waals surface area contributed by atoms with Gasteiger partial charge in [-0.25, -0.2) is 9.18 Å². The van der Waals surface area contributed by atoms with Crippen molar-refractivity contribution in [2.45, 2.75) is 19.9 Å². The Balaban J connectivity index is 1.85. The summed E-state index contributed by atoms with van der Waals surface area (Å²) >= 11 is 0. The second-order valence-corrected chi connectivity index (χ2v) is 7.86. The summed E-state index contributed by atoms with van der Waals surface area (Å²) < 4.78 is 15.6. The van der Waals surface area contributed by atoms with Crippen LogP contribution in [0.4, 0.5) is 10.2 Å². The molecule has 164 valence electrons. The first-order valence-electron chi connectivity index (χ1n) is 10.6. The molecular formula is C26H20FN3O3. The van der Waals surface area contributed by atoms with E-state index in [2.05, 4.69) is 16.4 Å². The standard InChI is InChI=1S/C26H20FN3O3/c1-2-23(31)29-25-24(15-3-5-16(6-4-15)26(32)33)21-11-17-13-28-14-18(17)12-22(21)30(25)20-9-7-19(27)8-10-20/h3-12,14H,2,13H2,1H3,(H,29,31)(H,32,33). The minimum atomic E-state index is -1.01. The second kappa shape index (κ2) is 8.02. The predicted octanol–water partition coefficient (Wildman–Crippen LogP) is 5.42. The molecule has 0 fully saturated rings. The number of amides is 1. The van der Waals surface area contributed by atoms with E-state index in [4.69, 9.17) is 0 Å². The van der Waals surface area contributed by atoms with Crippen molar-refractivity contribution in [3.05, 3.63) is 83.2 Å². The molecule has 7 heteroatoms. The maximum atomic E-state index is 13.7. The maximum absolute atomic E-state index is 13.7. The molecule has 0 saturated heterocycles. The Kier molecular flexibility index (Phi) is 5.01. The number of benzene rings is 3. The summed E-state index contributed by atoms with van der Waals surface area (Å²) in [6.07, 6.45) is 2.11. The molecule has 6 nitrogen and oxygen atoms in total. The first kappa shape index (κ1) is 20.6. The highest BCUT2D eigenvalue weighted by atomic mass is 19.1. The van der Waals surface area contributed by atoms with E-state index in [9.17, 15) is 19.1 Å². The third kappa shape index (κ3) is 3.57. The van der Waals surface area contributed by atoms with E-state index in [-0.39, 0.29) is 23.7 Å². The van der Waals surface area contributed by atoms with E-state index < -0.39 is 5.97 Å². The Hall–Kier alpha value is -4.26. The van der Waals surface area contributed by atoms with E-state index in [1.165, 1.54) is 12.1 Å². The molecule has 0 saturated carbocycles. The average molecular weight is 441 g/mol. The Labute approximate surface area is 189 Å². The van der Waals surface area contributed by atoms with Crippen molar-refractivity contribution >= 4 is 34.8 Å². The maximum Gasteiger partial charge on any atom is 0.335 e. The van der Waals surface area contributed by atoms with Gasteiger partial charge in [0.1, 0.15) is 11.6 Å². The molecule has 0 aliphatic carbocycles. The molecule has 0 unspecified atom stereocenters. The van der Waals surface area contributed by atoms with Gasteiger partial charge in [-0.2, -0.15) is 0 Å². The molecule has 0 spiro atoms. The lowest BCUT2D eigenvalue weighted by molar-refractivity contribution is -0.115. The zero-order chi connectivity index (χ0) is 23.1. The molecule has 1 aliphatic heterocycles. The van der Waals surface area contributed by atoms with Gasteiger partial charge < -0.3 is 10.4 Å². The normalized spacial score (nSPS) is 12.2. The number of carbonyl (C=O) groups is 2. The predicted molar refractivity (Wildman–Crippen MR) is 126 cm³/mol. The molecule has 0 bridgehead atoms. The number of carboxylic acid groups (broad SMARTS) is 1. The number of anilines is 1. The number of nitrogens with zero attached hydrogens (tertiary/aromatic N) is 2. The fraction of sp³-hybridized carbons (Fsp3) is 0.115. The SMILES string of the molecule is CCC(=O)Nc1c(-c2ccc(C(=O)O)cc2)c2cc3c(cc2n1-c1ccc(F)cc1)C=NC3. The number of halogens is 1. The quantitative estimate of drug-likeness (QED) is 0.434. The van der Waals surface area contributed by atoms with Gasteiger partial charge in [-0.3, -0.25) is 14.4 Å². The largest absolute Gasteiger partial charge is 0.478 e. The van der Waals surface area contributed by atoms with Crippen LogP contribution in [-0.2, 0) is 11.3 Å². The molecular weight excluding hydrogens is 421 g/mol. The smallest absolute Gasteiger partial charge is 0.335 e. The highest BCUT2D eigenvalue weighted by molar-refractivity contribution is 6.10. The lowest BCUT2D eigenvalue weighted by Crippen LogP contribution is -2.13. The van der Waals surface area contributed by atoms with E-state index in [1.807, 2.05) is 16.8 Å². The third-order valence-corrected chi connectivity index (χ3v) is 5.80. The van der Waals surface area contributed by atoms with E-state index >= 15 is 0 Å². The van der Waals surface area contributed by atoms with Crippen molar-refractivity contribution < 1.29 is 19.1 Å². The van der Waals surface area contributed by atoms with Crippen LogP contribution in [-0.4, -0.2) is 27.8 Å². The van der Waals surface area contributed by atoms with Crippen molar-refractivity contribution in [2.75, 3.05) is 5.32 Å². The van der Waals surface area contributed by atoms with Crippen molar-refractivity contribution in [3.63, 3.8) is 0 Å². The fourth-order valence-electron chi connectivity index (χ4n) is 4.16. The van der Waals surface area contributed by atoms with Crippen LogP contribution < -0.4 is 5.32 Å². The van der Waals surface area contributed by atoms with Crippen LogP contribution >= 0.6 is 0 Å². The summed E-state index contributed by atoms with van der Waals surface area (Å²) in [5.74, 6) is -0.984. The molecule has 5 rings (SSSR count). The van der Waals surface area contributed by atoms with Crippen LogP contribution in [0.15, 0.2) is 65.7 Å². The Bertz CT molecular complexity index is 1430. The van der Waals surface area contributed by atoms with E-state index in [0.29, 0.717) is 18.1 Å². The van der Waals surface area contributed by atoms with Gasteiger partial charge in [-0.1, -0.05) is 19.1 Å². The van der Waals surface area contributed by atoms with Gasteiger partial charge >= 0.3 is 5.97 Å². The van der Waals surface area contributed by atoms with Gasteiger partial charge in [0.15, 0.2) is 0 Å². The second-order valence-electron chi connectivity index (χ2n) is 7.86. The number of fused-ring (bicyclic) bond motifs is 2. The van der Waals surface area contributed by atoms with Gasteiger partial charge in [-0.05, 0) is 65.2 Å². The van der Waals surface area contributed by atoms with Crippen molar-refractivity contribution in [3.8, 4) is 16.8 Å². The summed E-state index contributed by atoms with van der Waals surface area (Å²) in [4.78, 5) is 28.3. The topological polar surface area (TPSA) is 83.7 Å². The molecule has 1 aliphatic rings. The highest BCUT2D eigenvalue weighted by Crippen LogP contribution is 2.42. The lowest BCUT2D eigenvalue weighted by Gasteiger charge is -2.14. The number of nitrogens with one attached hydrogen (secondary N) is 1. The van der Waals surface area contributed by atoms with Gasteiger partial charge in [0, 0.05) is 29.3 Å². The minimum Gasteiger partial charge on any atom is -0.478 e. The molecule has 4 aromatic rings. The summed E-state index contributed by atoms with van der Waals surface area (Å²) in [5.41, 5.74) is 5.28. The Morgan fingerprint density at radius 2 is 1.82 bits per heavy atom. The van der Waals surface area contributed by atoms with Gasteiger partial charge in [0.25, 0.3) is 0 Å². The van der Waals surface area contributed by atoms with Gasteiger partial charge in [0.05, 0.1) is 17.6 Å². The number of aromatic nitrogens is 1. The average Bonchev–Trinajstić information content (AvgIpc) is 3.39. The van der Waals surface area contributed by atoms with Crippen LogP contribution in [0, 0.1) is 5.82 Å². The molecule has 3 aromatic carbocycles. The Morgan fingerprint density at radius 1 is 1.09 bits per heavy atom. The molecule has 0 atom stereocenters. The van der Waals surface area contributed by atoms with E-state index in [1.54, 1.807) is 43.3 Å². The van der Waals surface area contributed by atoms with E-state index in [0.717, 1.165) is 33.2 Å². The molecule has 1 amide bonds. The zero-order valence-electron chi connectivity index (χ0n) is 17.8. The molecule has 33 heavy (non-hydrogen) atoms. The Morgan fingerprint density at radius 3 is 2.48 bits per heavy atom. The van der Waals surface area contributed by atoms with Crippen molar-refractivity contribution in [2.24, 2.45) is 4.99 Å². The van der Waals surface area contributed by atoms with Gasteiger partial charge in [-0.15, -0.1) is 0 Å². The number of rotatable bonds is 5. The van der Waals surface area contributed by atoms with Crippen LogP contribution in [0.3, 0.4) is 0 Å². The number of carboxylic acids is 1. The monoisotopic (exact) mass is 441 g/mol. The number of hydrogen-bond acceptors (Lipinski definition) is 3. The number of aliphatic imine (C=N–C) groups is 1. The van der Waals surface area contributed by atoms with Crippen LogP contribution in [0.1, 0.15) is 34.8 Å².